The minimum Gasteiger partial charge on any atom is -0.462 e. The first-order chi connectivity index (χ1) is 10.0. The van der Waals surface area contributed by atoms with Crippen molar-refractivity contribution in [1.29, 1.82) is 0 Å². The molecule has 116 valence electrons. The van der Waals surface area contributed by atoms with Gasteiger partial charge in [-0.3, -0.25) is 9.36 Å². The first kappa shape index (κ1) is 15.8. The van der Waals surface area contributed by atoms with Crippen molar-refractivity contribution in [1.82, 2.24) is 9.55 Å². The van der Waals surface area contributed by atoms with Crippen LogP contribution in [0, 0.1) is 5.82 Å². The van der Waals surface area contributed by atoms with Crippen LogP contribution in [0.15, 0.2) is 11.0 Å². The van der Waals surface area contributed by atoms with Gasteiger partial charge in [0.1, 0.15) is 17.4 Å². The summed E-state index contributed by atoms with van der Waals surface area (Å²) in [6.07, 6.45) is 2.08. The largest absolute Gasteiger partial charge is 0.462 e. The van der Waals surface area contributed by atoms with E-state index in [1.165, 1.54) is 11.8 Å². The number of thioether (sulfide) groups is 1. The van der Waals surface area contributed by atoms with Gasteiger partial charge in [0.25, 0.3) is 0 Å². The second-order valence-electron chi connectivity index (χ2n) is 4.45. The molecule has 2 N–H and O–H groups in total. The Labute approximate surface area is 124 Å². The standard InChI is InChI=1S/C12H16FN3O4S/c1-2-3-9(17)19-6-10-20-5-8(21-10)16-4-7(13)11(14)15-12(16)18/h4,8,10H,2-3,5-6H2,1H3,(H2,14,15,18). The molecule has 9 heteroatoms. The van der Waals surface area contributed by atoms with Gasteiger partial charge in [0.15, 0.2) is 11.6 Å². The number of aromatic nitrogens is 2. The average Bonchev–Trinajstić information content (AvgIpc) is 2.89. The summed E-state index contributed by atoms with van der Waals surface area (Å²) in [5, 5.41) is -0.421. The lowest BCUT2D eigenvalue weighted by atomic mass is 10.3. The summed E-state index contributed by atoms with van der Waals surface area (Å²) in [6.45, 7) is 2.18. The maximum absolute atomic E-state index is 13.4. The Hall–Kier alpha value is -1.61. The van der Waals surface area contributed by atoms with Crippen molar-refractivity contribution >= 4 is 23.5 Å². The van der Waals surface area contributed by atoms with Crippen LogP contribution in [-0.4, -0.2) is 34.2 Å². The fourth-order valence-corrected chi connectivity index (χ4v) is 2.87. The number of nitrogen functional groups attached to an aromatic ring is 1. The molecule has 2 rings (SSSR count). The summed E-state index contributed by atoms with van der Waals surface area (Å²) in [4.78, 5) is 26.4. The number of anilines is 1. The Morgan fingerprint density at radius 2 is 2.48 bits per heavy atom. The van der Waals surface area contributed by atoms with Crippen molar-refractivity contribution in [3.05, 3.63) is 22.5 Å². The maximum Gasteiger partial charge on any atom is 0.350 e. The molecule has 21 heavy (non-hydrogen) atoms. The summed E-state index contributed by atoms with van der Waals surface area (Å²) in [5.41, 5.74) is 4.20. The molecule has 1 fully saturated rings. The molecule has 1 aliphatic rings. The van der Waals surface area contributed by atoms with Crippen molar-refractivity contribution in [2.45, 2.75) is 30.6 Å². The molecule has 0 aromatic carbocycles. The number of rotatable bonds is 5. The van der Waals surface area contributed by atoms with Crippen molar-refractivity contribution in [3.8, 4) is 0 Å². The van der Waals surface area contributed by atoms with E-state index >= 15 is 0 Å². The van der Waals surface area contributed by atoms with E-state index in [2.05, 4.69) is 4.98 Å². The molecule has 1 aliphatic heterocycles. The van der Waals surface area contributed by atoms with Crippen LogP contribution in [0.2, 0.25) is 0 Å². The van der Waals surface area contributed by atoms with E-state index in [4.69, 9.17) is 15.2 Å². The Kier molecular flexibility index (Phi) is 5.18. The van der Waals surface area contributed by atoms with Crippen molar-refractivity contribution in [2.75, 3.05) is 18.9 Å². The van der Waals surface area contributed by atoms with Crippen molar-refractivity contribution in [3.63, 3.8) is 0 Å². The van der Waals surface area contributed by atoms with E-state index in [1.54, 1.807) is 0 Å². The fraction of sp³-hybridized carbons (Fsp3) is 0.583. The Morgan fingerprint density at radius 3 is 3.19 bits per heavy atom. The number of halogens is 1. The summed E-state index contributed by atoms with van der Waals surface area (Å²) < 4.78 is 25.0. The van der Waals surface area contributed by atoms with Gasteiger partial charge in [-0.1, -0.05) is 18.7 Å². The molecule has 0 radical (unpaired) electrons. The lowest BCUT2D eigenvalue weighted by molar-refractivity contribution is -0.145. The predicted molar refractivity (Wildman–Crippen MR) is 75.1 cm³/mol. The SMILES string of the molecule is CCCC(=O)OCC1OCC(n2cc(F)c(N)nc2=O)S1. The quantitative estimate of drug-likeness (QED) is 0.806. The highest BCUT2D eigenvalue weighted by Gasteiger charge is 2.29. The molecular weight excluding hydrogens is 301 g/mol. The first-order valence-corrected chi connectivity index (χ1v) is 7.42. The number of nitrogens with two attached hydrogens (primary N) is 1. The van der Waals surface area contributed by atoms with Gasteiger partial charge in [-0.15, -0.1) is 0 Å². The van der Waals surface area contributed by atoms with Gasteiger partial charge < -0.3 is 15.2 Å². The minimum absolute atomic E-state index is 0.0969. The van der Waals surface area contributed by atoms with E-state index in [1.807, 2.05) is 6.92 Å². The van der Waals surface area contributed by atoms with Crippen LogP contribution in [-0.2, 0) is 14.3 Å². The third-order valence-corrected chi connectivity index (χ3v) is 4.07. The molecule has 0 bridgehead atoms. The second-order valence-corrected chi connectivity index (χ2v) is 5.79. The smallest absolute Gasteiger partial charge is 0.350 e. The molecule has 0 amide bonds. The van der Waals surface area contributed by atoms with Gasteiger partial charge in [-0.05, 0) is 6.42 Å². The normalized spacial score (nSPS) is 21.4. The molecule has 1 aromatic rings. The van der Waals surface area contributed by atoms with E-state index in [-0.39, 0.29) is 24.6 Å². The third-order valence-electron chi connectivity index (χ3n) is 2.81. The number of hydrogen-bond acceptors (Lipinski definition) is 7. The zero-order valence-corrected chi connectivity index (χ0v) is 12.3. The monoisotopic (exact) mass is 317 g/mol. The number of carbonyl (C=O) groups is 1. The van der Waals surface area contributed by atoms with Gasteiger partial charge in [-0.2, -0.15) is 4.98 Å². The molecule has 2 heterocycles. The summed E-state index contributed by atoms with van der Waals surface area (Å²) in [6, 6.07) is 0. The van der Waals surface area contributed by atoms with E-state index in [0.717, 1.165) is 10.8 Å². The summed E-state index contributed by atoms with van der Waals surface area (Å²) in [7, 11) is 0. The predicted octanol–water partition coefficient (Wildman–Crippen LogP) is 0.896. The van der Waals surface area contributed by atoms with Crippen LogP contribution in [0.25, 0.3) is 0 Å². The number of nitrogens with zero attached hydrogens (tertiary/aromatic N) is 2. The first-order valence-electron chi connectivity index (χ1n) is 6.48. The highest BCUT2D eigenvalue weighted by Crippen LogP contribution is 2.34. The van der Waals surface area contributed by atoms with E-state index < -0.39 is 22.7 Å². The topological polar surface area (TPSA) is 96.4 Å². The van der Waals surface area contributed by atoms with Crippen LogP contribution < -0.4 is 11.4 Å². The molecule has 1 aromatic heterocycles. The highest BCUT2D eigenvalue weighted by atomic mass is 32.2. The zero-order chi connectivity index (χ0) is 15.4. The maximum atomic E-state index is 13.4. The van der Waals surface area contributed by atoms with Crippen LogP contribution in [0.1, 0.15) is 25.1 Å². The lowest BCUT2D eigenvalue weighted by Crippen LogP contribution is -2.27. The molecule has 1 saturated heterocycles. The number of hydrogen-bond donors (Lipinski definition) is 1. The fourth-order valence-electron chi connectivity index (χ4n) is 1.78. The van der Waals surface area contributed by atoms with Crippen molar-refractivity contribution < 1.29 is 18.7 Å². The van der Waals surface area contributed by atoms with Crippen LogP contribution >= 0.6 is 11.8 Å². The highest BCUT2D eigenvalue weighted by molar-refractivity contribution is 8.00. The Bertz CT molecular complexity index is 580. The molecule has 0 aliphatic carbocycles. The molecule has 0 saturated carbocycles. The van der Waals surface area contributed by atoms with Gasteiger partial charge in [0, 0.05) is 12.6 Å². The van der Waals surface area contributed by atoms with Gasteiger partial charge in [0.2, 0.25) is 0 Å². The van der Waals surface area contributed by atoms with Crippen LogP contribution in [0.5, 0.6) is 0 Å². The third kappa shape index (κ3) is 3.94. The molecular formula is C12H16FN3O4S. The Morgan fingerprint density at radius 1 is 1.71 bits per heavy atom. The minimum atomic E-state index is -0.756. The molecule has 0 spiro atoms. The number of esters is 1. The number of carbonyl (C=O) groups excluding carboxylic acids is 1. The Balaban J connectivity index is 1.95. The lowest BCUT2D eigenvalue weighted by Gasteiger charge is -2.12. The van der Waals surface area contributed by atoms with Gasteiger partial charge >= 0.3 is 11.7 Å². The second kappa shape index (κ2) is 6.90. The van der Waals surface area contributed by atoms with Crippen LogP contribution in [0.4, 0.5) is 10.2 Å². The molecule has 2 atom stereocenters. The summed E-state index contributed by atoms with van der Waals surface area (Å²) >= 11 is 1.27. The average molecular weight is 317 g/mol. The van der Waals surface area contributed by atoms with Gasteiger partial charge in [0.05, 0.1) is 6.61 Å². The van der Waals surface area contributed by atoms with E-state index in [0.29, 0.717) is 12.8 Å². The van der Waals surface area contributed by atoms with E-state index in [9.17, 15) is 14.0 Å². The van der Waals surface area contributed by atoms with Crippen molar-refractivity contribution in [2.24, 2.45) is 0 Å². The zero-order valence-electron chi connectivity index (χ0n) is 11.5. The van der Waals surface area contributed by atoms with Gasteiger partial charge in [-0.25, -0.2) is 9.18 Å². The number of ether oxygens (including phenoxy) is 2. The van der Waals surface area contributed by atoms with Crippen LogP contribution in [0.3, 0.4) is 0 Å². The summed E-state index contributed by atoms with van der Waals surface area (Å²) in [5.74, 6) is -1.47. The molecule has 7 nitrogen and oxygen atoms in total. The molecule has 2 unspecified atom stereocenters.